The molecule has 0 saturated carbocycles. The van der Waals surface area contributed by atoms with Crippen LogP contribution >= 0.6 is 11.6 Å². The van der Waals surface area contributed by atoms with E-state index in [4.69, 9.17) is 11.6 Å². The smallest absolute Gasteiger partial charge is 0.105 e. The van der Waals surface area contributed by atoms with Crippen molar-refractivity contribution in [2.24, 2.45) is 0 Å². The Kier molecular flexibility index (Phi) is 18.4. The van der Waals surface area contributed by atoms with E-state index in [0.29, 0.717) is 0 Å². The summed E-state index contributed by atoms with van der Waals surface area (Å²) in [4.78, 5) is 0. The lowest BCUT2D eigenvalue weighted by atomic mass is 10.0. The second-order valence-electron chi connectivity index (χ2n) is 10.0. The van der Waals surface area contributed by atoms with Crippen molar-refractivity contribution in [1.82, 2.24) is 0 Å². The first-order valence-corrected chi connectivity index (χ1v) is 14.3. The number of unbranched alkanes of at least 4 members (excludes halogenated alkanes) is 11. The van der Waals surface area contributed by atoms with Gasteiger partial charge in [0, 0.05) is 23.4 Å². The van der Waals surface area contributed by atoms with Gasteiger partial charge in [0.25, 0.3) is 0 Å². The van der Waals surface area contributed by atoms with E-state index in [-0.39, 0.29) is 12.4 Å². The lowest BCUT2D eigenvalue weighted by Gasteiger charge is -2.39. The van der Waals surface area contributed by atoms with Crippen molar-refractivity contribution in [3.05, 3.63) is 71.8 Å². The van der Waals surface area contributed by atoms with Crippen LogP contribution in [0.4, 0.5) is 0 Å². The van der Waals surface area contributed by atoms with Crippen LogP contribution in [0.5, 0.6) is 0 Å². The zero-order valence-corrected chi connectivity index (χ0v) is 23.2. The number of benzene rings is 2. The van der Waals surface area contributed by atoms with E-state index in [1.807, 2.05) is 0 Å². The second-order valence-corrected chi connectivity index (χ2v) is 10.4. The summed E-state index contributed by atoms with van der Waals surface area (Å²) in [7, 11) is 0. The molecule has 0 aliphatic rings. The van der Waals surface area contributed by atoms with Gasteiger partial charge in [0.1, 0.15) is 13.1 Å². The molecule has 3 heteroatoms. The first-order chi connectivity index (χ1) is 16.3. The lowest BCUT2D eigenvalue weighted by molar-refractivity contribution is -0.953. The van der Waals surface area contributed by atoms with Gasteiger partial charge < -0.3 is 16.9 Å². The van der Waals surface area contributed by atoms with E-state index in [2.05, 4.69) is 67.6 Å². The molecule has 0 aromatic heterocycles. The third-order valence-electron chi connectivity index (χ3n) is 6.97. The normalized spacial score (nSPS) is 11.4. The van der Waals surface area contributed by atoms with Crippen molar-refractivity contribution in [3.8, 4) is 0 Å². The molecule has 0 bridgehead atoms. The third kappa shape index (κ3) is 13.8. The predicted molar refractivity (Wildman–Crippen MR) is 147 cm³/mol. The van der Waals surface area contributed by atoms with E-state index in [0.717, 1.165) is 36.4 Å². The van der Waals surface area contributed by atoms with Crippen LogP contribution in [0.15, 0.2) is 60.7 Å². The standard InChI is InChI=1S/C31H49ClN.ClH/c1-2-3-4-5-6-7-8-9-10-11-12-19-26-33(27-20-25-32,28-30-21-15-13-16-22-30)29-31-23-17-14-18-24-31;/h13-18,21-24H,2-12,19-20,25-29H2,1H3;1H/q+1;/p-1. The van der Waals surface area contributed by atoms with Crippen LogP contribution < -0.4 is 12.4 Å². The number of rotatable bonds is 20. The van der Waals surface area contributed by atoms with Crippen LogP contribution in [0, 0.1) is 0 Å². The summed E-state index contributed by atoms with van der Waals surface area (Å²) >= 11 is 6.18. The van der Waals surface area contributed by atoms with E-state index < -0.39 is 0 Å². The van der Waals surface area contributed by atoms with Gasteiger partial charge in [-0.3, -0.25) is 0 Å². The fourth-order valence-electron chi connectivity index (χ4n) is 5.11. The van der Waals surface area contributed by atoms with Gasteiger partial charge in [-0.1, -0.05) is 132 Å². The number of alkyl halides is 1. The first-order valence-electron chi connectivity index (χ1n) is 13.8. The largest absolute Gasteiger partial charge is 1.00 e. The van der Waals surface area contributed by atoms with Crippen molar-refractivity contribution < 1.29 is 16.9 Å². The summed E-state index contributed by atoms with van der Waals surface area (Å²) in [6, 6.07) is 22.1. The summed E-state index contributed by atoms with van der Waals surface area (Å²) in [5.41, 5.74) is 2.89. The minimum atomic E-state index is 0. The molecule has 2 aromatic carbocycles. The summed E-state index contributed by atoms with van der Waals surface area (Å²) in [5.74, 6) is 0.752. The molecular formula is C31H49Cl2N. The Labute approximate surface area is 222 Å². The van der Waals surface area contributed by atoms with Crippen LogP contribution in [0.2, 0.25) is 0 Å². The highest BCUT2D eigenvalue weighted by molar-refractivity contribution is 6.17. The highest BCUT2D eigenvalue weighted by Crippen LogP contribution is 2.23. The Bertz CT molecular complexity index is 648. The summed E-state index contributed by atoms with van der Waals surface area (Å²) in [6.45, 7) is 6.91. The maximum Gasteiger partial charge on any atom is 0.105 e. The zero-order valence-electron chi connectivity index (χ0n) is 21.7. The highest BCUT2D eigenvalue weighted by Gasteiger charge is 2.27. The average molecular weight is 507 g/mol. The van der Waals surface area contributed by atoms with Crippen molar-refractivity contribution in [2.75, 3.05) is 19.0 Å². The number of hydrogen-bond donors (Lipinski definition) is 0. The number of quaternary nitrogens is 1. The second kappa shape index (κ2) is 20.2. The van der Waals surface area contributed by atoms with Crippen LogP contribution in [0.25, 0.3) is 0 Å². The number of halogens is 2. The Morgan fingerprint density at radius 2 is 0.912 bits per heavy atom. The molecule has 0 spiro atoms. The molecule has 0 unspecified atom stereocenters. The molecule has 1 nitrogen and oxygen atoms in total. The SMILES string of the molecule is CCCCCCCCCCCCCC[N+](CCCCl)(Cc1ccccc1)Cc1ccccc1.[Cl-]. The molecule has 0 N–H and O–H groups in total. The molecule has 0 aliphatic heterocycles. The fourth-order valence-corrected chi connectivity index (χ4v) is 5.23. The Hall–Kier alpha value is -1.02. The third-order valence-corrected chi connectivity index (χ3v) is 7.24. The highest BCUT2D eigenvalue weighted by atomic mass is 35.5. The quantitative estimate of drug-likeness (QED) is 0.109. The number of nitrogens with zero attached hydrogens (tertiary/aromatic N) is 1. The molecule has 0 amide bonds. The molecule has 0 fully saturated rings. The maximum atomic E-state index is 6.18. The lowest BCUT2D eigenvalue weighted by Crippen LogP contribution is -3.00. The van der Waals surface area contributed by atoms with Crippen molar-refractivity contribution >= 4 is 11.6 Å². The van der Waals surface area contributed by atoms with Gasteiger partial charge in [-0.15, -0.1) is 11.6 Å². The van der Waals surface area contributed by atoms with Crippen molar-refractivity contribution in [2.45, 2.75) is 103 Å². The molecule has 0 saturated heterocycles. The van der Waals surface area contributed by atoms with Gasteiger partial charge in [0.2, 0.25) is 0 Å². The number of hydrogen-bond acceptors (Lipinski definition) is 0. The molecular weight excluding hydrogens is 457 g/mol. The average Bonchev–Trinajstić information content (AvgIpc) is 2.85. The molecule has 2 rings (SSSR count). The van der Waals surface area contributed by atoms with E-state index >= 15 is 0 Å². The Morgan fingerprint density at radius 3 is 1.32 bits per heavy atom. The van der Waals surface area contributed by atoms with E-state index in [1.54, 1.807) is 0 Å². The van der Waals surface area contributed by atoms with Gasteiger partial charge >= 0.3 is 0 Å². The van der Waals surface area contributed by atoms with Gasteiger partial charge in [-0.2, -0.15) is 0 Å². The van der Waals surface area contributed by atoms with Crippen LogP contribution in [-0.2, 0) is 13.1 Å². The van der Waals surface area contributed by atoms with Gasteiger partial charge in [-0.25, -0.2) is 0 Å². The van der Waals surface area contributed by atoms with Crippen molar-refractivity contribution in [3.63, 3.8) is 0 Å². The van der Waals surface area contributed by atoms with Gasteiger partial charge in [0.15, 0.2) is 0 Å². The topological polar surface area (TPSA) is 0 Å². The molecule has 2 aromatic rings. The summed E-state index contributed by atoms with van der Waals surface area (Å²) in [5, 5.41) is 0. The monoisotopic (exact) mass is 505 g/mol. The minimum absolute atomic E-state index is 0. The first kappa shape index (κ1) is 31.0. The molecule has 192 valence electrons. The van der Waals surface area contributed by atoms with Gasteiger partial charge in [0.05, 0.1) is 13.1 Å². The zero-order chi connectivity index (χ0) is 23.5. The molecule has 0 aliphatic carbocycles. The minimum Gasteiger partial charge on any atom is -1.00 e. The van der Waals surface area contributed by atoms with Crippen LogP contribution in [-0.4, -0.2) is 23.5 Å². The fraction of sp³-hybridized carbons (Fsp3) is 0.613. The van der Waals surface area contributed by atoms with Gasteiger partial charge in [-0.05, 0) is 12.8 Å². The predicted octanol–water partition coefficient (Wildman–Crippen LogP) is 6.54. The summed E-state index contributed by atoms with van der Waals surface area (Å²) in [6.07, 6.45) is 18.0. The molecule has 0 radical (unpaired) electrons. The van der Waals surface area contributed by atoms with Crippen LogP contribution in [0.3, 0.4) is 0 Å². The Balaban J connectivity index is 0.00000578. The van der Waals surface area contributed by atoms with E-state index in [9.17, 15) is 0 Å². The van der Waals surface area contributed by atoms with Crippen LogP contribution in [0.1, 0.15) is 102 Å². The Morgan fingerprint density at radius 1 is 0.529 bits per heavy atom. The molecule has 34 heavy (non-hydrogen) atoms. The molecule has 0 atom stereocenters. The van der Waals surface area contributed by atoms with Crippen molar-refractivity contribution in [1.29, 1.82) is 0 Å². The maximum absolute atomic E-state index is 6.18. The molecule has 0 heterocycles. The van der Waals surface area contributed by atoms with E-state index in [1.165, 1.54) is 94.7 Å². The summed E-state index contributed by atoms with van der Waals surface area (Å²) < 4.78 is 1.12.